The zero-order valence-corrected chi connectivity index (χ0v) is 15.4. The Labute approximate surface area is 156 Å². The van der Waals surface area contributed by atoms with Gasteiger partial charge in [0.2, 0.25) is 5.91 Å². The van der Waals surface area contributed by atoms with E-state index in [-0.39, 0.29) is 11.7 Å². The lowest BCUT2D eigenvalue weighted by Crippen LogP contribution is -2.13. The minimum absolute atomic E-state index is 0.159. The second kappa shape index (κ2) is 7.26. The van der Waals surface area contributed by atoms with E-state index in [2.05, 4.69) is 25.6 Å². The standard InChI is InChI=1S/C16H14N6O2S2/c1-2-22-8-10(7-17-22)14-20-21-16(24-14)25-9-13(23)19-15-18-11-5-3-4-6-12(11)26-15/h3-8H,2,9H2,1H3,(H,18,19,23). The molecule has 0 fully saturated rings. The molecule has 132 valence electrons. The molecule has 10 heteroatoms. The maximum absolute atomic E-state index is 12.1. The number of nitrogens with zero attached hydrogens (tertiary/aromatic N) is 5. The largest absolute Gasteiger partial charge is 0.411 e. The average Bonchev–Trinajstić information content (AvgIpc) is 3.37. The summed E-state index contributed by atoms with van der Waals surface area (Å²) in [5.74, 6) is 0.373. The number of hydrogen-bond donors (Lipinski definition) is 1. The lowest BCUT2D eigenvalue weighted by atomic mass is 10.3. The van der Waals surface area contributed by atoms with Gasteiger partial charge in [0, 0.05) is 12.7 Å². The van der Waals surface area contributed by atoms with E-state index in [1.54, 1.807) is 10.9 Å². The number of thioether (sulfide) groups is 1. The highest BCUT2D eigenvalue weighted by atomic mass is 32.2. The van der Waals surface area contributed by atoms with Crippen molar-refractivity contribution in [2.45, 2.75) is 18.7 Å². The van der Waals surface area contributed by atoms with Gasteiger partial charge in [0.25, 0.3) is 11.1 Å². The van der Waals surface area contributed by atoms with Gasteiger partial charge in [0.15, 0.2) is 5.13 Å². The number of amides is 1. The molecular formula is C16H14N6O2S2. The molecule has 0 aliphatic heterocycles. The number of aryl methyl sites for hydroxylation is 1. The van der Waals surface area contributed by atoms with E-state index in [9.17, 15) is 4.79 Å². The number of carbonyl (C=O) groups excluding carboxylic acids is 1. The molecule has 0 bridgehead atoms. The summed E-state index contributed by atoms with van der Waals surface area (Å²) in [4.78, 5) is 16.5. The van der Waals surface area contributed by atoms with Crippen LogP contribution in [0.2, 0.25) is 0 Å². The number of para-hydroxylation sites is 1. The van der Waals surface area contributed by atoms with E-state index in [1.165, 1.54) is 23.1 Å². The summed E-state index contributed by atoms with van der Waals surface area (Å²) in [6.07, 6.45) is 3.51. The second-order valence-electron chi connectivity index (χ2n) is 5.28. The lowest BCUT2D eigenvalue weighted by Gasteiger charge is -1.98. The van der Waals surface area contributed by atoms with Crippen molar-refractivity contribution >= 4 is 44.4 Å². The van der Waals surface area contributed by atoms with Crippen LogP contribution in [0.5, 0.6) is 0 Å². The van der Waals surface area contributed by atoms with Crippen LogP contribution >= 0.6 is 23.1 Å². The molecule has 0 atom stereocenters. The molecule has 1 amide bonds. The molecular weight excluding hydrogens is 372 g/mol. The summed E-state index contributed by atoms with van der Waals surface area (Å²) in [5.41, 5.74) is 1.62. The highest BCUT2D eigenvalue weighted by Crippen LogP contribution is 2.26. The Morgan fingerprint density at radius 2 is 2.23 bits per heavy atom. The summed E-state index contributed by atoms with van der Waals surface area (Å²) in [7, 11) is 0. The Bertz CT molecular complexity index is 1020. The number of fused-ring (bicyclic) bond motifs is 1. The average molecular weight is 386 g/mol. The van der Waals surface area contributed by atoms with Crippen molar-refractivity contribution in [3.05, 3.63) is 36.7 Å². The minimum atomic E-state index is -0.174. The van der Waals surface area contributed by atoms with Crippen molar-refractivity contribution in [2.75, 3.05) is 11.1 Å². The molecule has 26 heavy (non-hydrogen) atoms. The van der Waals surface area contributed by atoms with Crippen molar-refractivity contribution < 1.29 is 9.21 Å². The number of rotatable bonds is 6. The van der Waals surface area contributed by atoms with Gasteiger partial charge in [-0.15, -0.1) is 10.2 Å². The summed E-state index contributed by atoms with van der Waals surface area (Å²) in [6, 6.07) is 7.75. The topological polar surface area (TPSA) is 98.7 Å². The quantitative estimate of drug-likeness (QED) is 0.508. The number of aromatic nitrogens is 5. The third-order valence-electron chi connectivity index (χ3n) is 3.48. The first-order valence-corrected chi connectivity index (χ1v) is 9.66. The maximum Gasteiger partial charge on any atom is 0.277 e. The number of anilines is 1. The fourth-order valence-electron chi connectivity index (χ4n) is 2.24. The molecule has 1 N–H and O–H groups in total. The van der Waals surface area contributed by atoms with Crippen LogP contribution in [-0.2, 0) is 11.3 Å². The zero-order chi connectivity index (χ0) is 17.9. The van der Waals surface area contributed by atoms with E-state index >= 15 is 0 Å². The summed E-state index contributed by atoms with van der Waals surface area (Å²) >= 11 is 2.62. The van der Waals surface area contributed by atoms with Gasteiger partial charge in [-0.25, -0.2) is 4.98 Å². The van der Waals surface area contributed by atoms with Crippen LogP contribution in [0.15, 0.2) is 46.3 Å². The van der Waals surface area contributed by atoms with Gasteiger partial charge in [-0.3, -0.25) is 9.48 Å². The molecule has 0 aliphatic rings. The zero-order valence-electron chi connectivity index (χ0n) is 13.7. The lowest BCUT2D eigenvalue weighted by molar-refractivity contribution is -0.113. The summed E-state index contributed by atoms with van der Waals surface area (Å²) < 4.78 is 8.38. The Morgan fingerprint density at radius 3 is 3.04 bits per heavy atom. The predicted octanol–water partition coefficient (Wildman–Crippen LogP) is 3.29. The predicted molar refractivity (Wildman–Crippen MR) is 100 cm³/mol. The van der Waals surface area contributed by atoms with Gasteiger partial charge in [0.1, 0.15) is 0 Å². The van der Waals surface area contributed by atoms with Crippen molar-refractivity contribution in [1.82, 2.24) is 25.0 Å². The number of thiazole rings is 1. The second-order valence-corrected chi connectivity index (χ2v) is 7.24. The third kappa shape index (κ3) is 3.60. The van der Waals surface area contributed by atoms with Crippen molar-refractivity contribution in [3.8, 4) is 11.5 Å². The molecule has 0 unspecified atom stereocenters. The Kier molecular flexibility index (Phi) is 4.67. The van der Waals surface area contributed by atoms with E-state index < -0.39 is 0 Å². The van der Waals surface area contributed by atoms with E-state index in [1.807, 2.05) is 37.4 Å². The van der Waals surface area contributed by atoms with Crippen LogP contribution in [0.3, 0.4) is 0 Å². The van der Waals surface area contributed by atoms with Crippen LogP contribution in [-0.4, -0.2) is 36.6 Å². The Morgan fingerprint density at radius 1 is 1.35 bits per heavy atom. The first-order chi connectivity index (χ1) is 12.7. The van der Waals surface area contributed by atoms with Crippen LogP contribution in [0.4, 0.5) is 5.13 Å². The molecule has 3 heterocycles. The van der Waals surface area contributed by atoms with Crippen molar-refractivity contribution in [2.24, 2.45) is 0 Å². The van der Waals surface area contributed by atoms with E-state index in [0.717, 1.165) is 22.3 Å². The fraction of sp³-hybridized carbons (Fsp3) is 0.188. The number of benzene rings is 1. The first kappa shape index (κ1) is 16.7. The van der Waals surface area contributed by atoms with Gasteiger partial charge < -0.3 is 9.73 Å². The fourth-order valence-corrected chi connectivity index (χ4v) is 3.69. The van der Waals surface area contributed by atoms with Gasteiger partial charge in [-0.2, -0.15) is 5.10 Å². The third-order valence-corrected chi connectivity index (χ3v) is 5.25. The van der Waals surface area contributed by atoms with Crippen LogP contribution < -0.4 is 5.32 Å². The molecule has 0 aliphatic carbocycles. The highest BCUT2D eigenvalue weighted by Gasteiger charge is 2.13. The monoisotopic (exact) mass is 386 g/mol. The Hall–Kier alpha value is -2.72. The van der Waals surface area contributed by atoms with Crippen molar-refractivity contribution in [3.63, 3.8) is 0 Å². The molecule has 4 rings (SSSR count). The number of carbonyl (C=O) groups is 1. The molecule has 4 aromatic rings. The smallest absolute Gasteiger partial charge is 0.277 e. The summed E-state index contributed by atoms with van der Waals surface area (Å²) in [5, 5.41) is 15.8. The van der Waals surface area contributed by atoms with E-state index in [4.69, 9.17) is 4.42 Å². The summed E-state index contributed by atoms with van der Waals surface area (Å²) in [6.45, 7) is 2.76. The first-order valence-electron chi connectivity index (χ1n) is 7.86. The molecule has 0 saturated heterocycles. The van der Waals surface area contributed by atoms with Gasteiger partial charge >= 0.3 is 0 Å². The highest BCUT2D eigenvalue weighted by molar-refractivity contribution is 7.99. The molecule has 0 radical (unpaired) electrons. The van der Waals surface area contributed by atoms with Crippen LogP contribution in [0, 0.1) is 0 Å². The SMILES string of the molecule is CCn1cc(-c2nnc(SCC(=O)Nc3nc4ccccc4s3)o2)cn1. The molecule has 0 saturated carbocycles. The van der Waals surface area contributed by atoms with Crippen LogP contribution in [0.25, 0.3) is 21.7 Å². The van der Waals surface area contributed by atoms with Crippen LogP contribution in [0.1, 0.15) is 6.92 Å². The van der Waals surface area contributed by atoms with Gasteiger partial charge in [-0.05, 0) is 19.1 Å². The molecule has 0 spiro atoms. The Balaban J connectivity index is 1.35. The minimum Gasteiger partial charge on any atom is -0.411 e. The van der Waals surface area contributed by atoms with Gasteiger partial charge in [-0.1, -0.05) is 35.2 Å². The molecule has 1 aromatic carbocycles. The van der Waals surface area contributed by atoms with E-state index in [0.29, 0.717) is 16.2 Å². The van der Waals surface area contributed by atoms with Gasteiger partial charge in [0.05, 0.1) is 27.7 Å². The number of hydrogen-bond acceptors (Lipinski definition) is 8. The molecule has 8 nitrogen and oxygen atoms in total. The van der Waals surface area contributed by atoms with Crippen molar-refractivity contribution in [1.29, 1.82) is 0 Å². The normalized spacial score (nSPS) is 11.1. The number of nitrogens with one attached hydrogen (secondary N) is 1. The maximum atomic E-state index is 12.1. The molecule has 3 aromatic heterocycles.